The van der Waals surface area contributed by atoms with E-state index in [0.29, 0.717) is 6.04 Å². The maximum Gasteiger partial charge on any atom is 0.191 e. The monoisotopic (exact) mass is 525 g/mol. The number of nitrogens with zero attached hydrogens (tertiary/aromatic N) is 2. The zero-order chi connectivity index (χ0) is 20.1. The van der Waals surface area contributed by atoms with E-state index in [1.54, 1.807) is 0 Å². The Labute approximate surface area is 197 Å². The SMILES string of the molecule is CN=C(NCCc1c[nH]c2c(C)cccc12)NC1CCN(CC2CCOC2)CC1.I. The van der Waals surface area contributed by atoms with Gasteiger partial charge in [0.15, 0.2) is 5.96 Å². The minimum absolute atomic E-state index is 0. The minimum atomic E-state index is 0. The third kappa shape index (κ3) is 5.88. The van der Waals surface area contributed by atoms with Crippen LogP contribution in [0.5, 0.6) is 0 Å². The van der Waals surface area contributed by atoms with E-state index in [0.717, 1.165) is 38.1 Å². The average Bonchev–Trinajstić information content (AvgIpc) is 3.39. The van der Waals surface area contributed by atoms with Crippen molar-refractivity contribution in [3.63, 3.8) is 0 Å². The van der Waals surface area contributed by atoms with Gasteiger partial charge in [-0.05, 0) is 49.7 Å². The molecule has 4 rings (SSSR count). The van der Waals surface area contributed by atoms with Crippen LogP contribution in [-0.2, 0) is 11.2 Å². The highest BCUT2D eigenvalue weighted by Gasteiger charge is 2.24. The third-order valence-corrected chi connectivity index (χ3v) is 6.39. The topological polar surface area (TPSA) is 64.7 Å². The summed E-state index contributed by atoms with van der Waals surface area (Å²) in [5.74, 6) is 1.66. The molecule has 3 N–H and O–H groups in total. The van der Waals surface area contributed by atoms with Gasteiger partial charge in [0.25, 0.3) is 0 Å². The van der Waals surface area contributed by atoms with Crippen molar-refractivity contribution in [2.45, 2.75) is 38.6 Å². The summed E-state index contributed by atoms with van der Waals surface area (Å²) in [5, 5.41) is 8.45. The molecule has 2 aliphatic heterocycles. The molecule has 3 heterocycles. The van der Waals surface area contributed by atoms with Crippen LogP contribution < -0.4 is 10.6 Å². The van der Waals surface area contributed by atoms with Gasteiger partial charge >= 0.3 is 0 Å². The second-order valence-electron chi connectivity index (χ2n) is 8.51. The number of aromatic amines is 1. The standard InChI is InChI=1S/C23H35N5O.HI/c1-17-4-3-5-21-19(14-26-22(17)21)6-10-25-23(24-2)27-20-7-11-28(12-8-20)15-18-9-13-29-16-18;/h3-5,14,18,20,26H,6-13,15-16H2,1-2H3,(H2,24,25,27);1H. The Hall–Kier alpha value is -1.32. The number of rotatable bonds is 6. The van der Waals surface area contributed by atoms with Gasteiger partial charge in [-0.15, -0.1) is 24.0 Å². The van der Waals surface area contributed by atoms with Gasteiger partial charge in [-0.2, -0.15) is 0 Å². The third-order valence-electron chi connectivity index (χ3n) is 6.39. The molecule has 0 amide bonds. The van der Waals surface area contributed by atoms with E-state index in [-0.39, 0.29) is 24.0 Å². The molecule has 2 aromatic rings. The molecule has 1 atom stereocenters. The van der Waals surface area contributed by atoms with Crippen LogP contribution in [0.25, 0.3) is 10.9 Å². The molecule has 0 bridgehead atoms. The summed E-state index contributed by atoms with van der Waals surface area (Å²) in [7, 11) is 1.86. The summed E-state index contributed by atoms with van der Waals surface area (Å²) in [5.41, 5.74) is 3.91. The minimum Gasteiger partial charge on any atom is -0.381 e. The number of nitrogens with one attached hydrogen (secondary N) is 3. The molecule has 0 saturated carbocycles. The lowest BCUT2D eigenvalue weighted by atomic mass is 10.0. The second-order valence-corrected chi connectivity index (χ2v) is 8.51. The normalized spacial score (nSPS) is 21.0. The summed E-state index contributed by atoms with van der Waals surface area (Å²) < 4.78 is 5.52. The Balaban J connectivity index is 0.00000256. The molecule has 0 spiro atoms. The van der Waals surface area contributed by atoms with Gasteiger partial charge in [-0.25, -0.2) is 0 Å². The Morgan fingerprint density at radius 1 is 1.27 bits per heavy atom. The number of benzene rings is 1. The van der Waals surface area contributed by atoms with Crippen LogP contribution in [0.3, 0.4) is 0 Å². The Kier molecular flexibility index (Phi) is 8.83. The van der Waals surface area contributed by atoms with Gasteiger partial charge in [0.05, 0.1) is 6.61 Å². The molecule has 6 nitrogen and oxygen atoms in total. The molecule has 7 heteroatoms. The van der Waals surface area contributed by atoms with Crippen molar-refractivity contribution in [1.29, 1.82) is 0 Å². The lowest BCUT2D eigenvalue weighted by Gasteiger charge is -2.34. The van der Waals surface area contributed by atoms with Crippen molar-refractivity contribution < 1.29 is 4.74 Å². The Morgan fingerprint density at radius 2 is 2.10 bits per heavy atom. The van der Waals surface area contributed by atoms with Gasteiger partial charge in [-0.3, -0.25) is 4.99 Å². The predicted molar refractivity (Wildman–Crippen MR) is 135 cm³/mol. The van der Waals surface area contributed by atoms with Crippen molar-refractivity contribution in [2.24, 2.45) is 10.9 Å². The number of piperidine rings is 1. The van der Waals surface area contributed by atoms with Gasteiger partial charge in [0.1, 0.15) is 0 Å². The number of fused-ring (bicyclic) bond motifs is 1. The number of aryl methyl sites for hydroxylation is 1. The summed E-state index contributed by atoms with van der Waals surface area (Å²) in [6.07, 6.45) is 6.70. The molecule has 2 aliphatic rings. The van der Waals surface area contributed by atoms with Crippen LogP contribution in [-0.4, -0.2) is 68.3 Å². The van der Waals surface area contributed by atoms with E-state index in [1.165, 1.54) is 60.9 Å². The zero-order valence-corrected chi connectivity index (χ0v) is 20.6. The first-order valence-corrected chi connectivity index (χ1v) is 11.1. The Morgan fingerprint density at radius 3 is 2.83 bits per heavy atom. The van der Waals surface area contributed by atoms with E-state index < -0.39 is 0 Å². The van der Waals surface area contributed by atoms with Crippen LogP contribution in [0.1, 0.15) is 30.4 Å². The number of likely N-dealkylation sites (tertiary alicyclic amines) is 1. The number of guanidine groups is 1. The van der Waals surface area contributed by atoms with Crippen molar-refractivity contribution in [3.8, 4) is 0 Å². The highest BCUT2D eigenvalue weighted by atomic mass is 127. The molecule has 0 aliphatic carbocycles. The van der Waals surface area contributed by atoms with E-state index in [4.69, 9.17) is 4.74 Å². The Bertz CT molecular complexity index is 822. The first-order chi connectivity index (χ1) is 14.2. The van der Waals surface area contributed by atoms with E-state index >= 15 is 0 Å². The molecule has 166 valence electrons. The maximum absolute atomic E-state index is 5.52. The summed E-state index contributed by atoms with van der Waals surface area (Å²) in [6.45, 7) is 8.46. The quantitative estimate of drug-likeness (QED) is 0.308. The molecular formula is C23H36IN5O. The largest absolute Gasteiger partial charge is 0.381 e. The lowest BCUT2D eigenvalue weighted by Crippen LogP contribution is -2.49. The highest BCUT2D eigenvalue weighted by molar-refractivity contribution is 14.0. The van der Waals surface area contributed by atoms with Crippen LogP contribution in [0.2, 0.25) is 0 Å². The molecule has 2 saturated heterocycles. The van der Waals surface area contributed by atoms with E-state index in [1.807, 2.05) is 7.05 Å². The van der Waals surface area contributed by atoms with Gasteiger partial charge < -0.3 is 25.3 Å². The van der Waals surface area contributed by atoms with Crippen LogP contribution in [0.15, 0.2) is 29.4 Å². The van der Waals surface area contributed by atoms with Crippen LogP contribution >= 0.6 is 24.0 Å². The molecule has 1 aromatic heterocycles. The number of H-pyrrole nitrogens is 1. The van der Waals surface area contributed by atoms with Crippen molar-refractivity contribution >= 4 is 40.8 Å². The fourth-order valence-corrected chi connectivity index (χ4v) is 4.63. The number of hydrogen-bond donors (Lipinski definition) is 3. The molecule has 1 unspecified atom stereocenters. The average molecular weight is 525 g/mol. The fraction of sp³-hybridized carbons (Fsp3) is 0.609. The maximum atomic E-state index is 5.52. The molecular weight excluding hydrogens is 489 g/mol. The fourth-order valence-electron chi connectivity index (χ4n) is 4.63. The highest BCUT2D eigenvalue weighted by Crippen LogP contribution is 2.21. The van der Waals surface area contributed by atoms with Crippen molar-refractivity contribution in [2.75, 3.05) is 46.4 Å². The predicted octanol–water partition coefficient (Wildman–Crippen LogP) is 3.30. The van der Waals surface area contributed by atoms with E-state index in [2.05, 4.69) is 56.8 Å². The molecule has 0 radical (unpaired) electrons. The first-order valence-electron chi connectivity index (χ1n) is 11.1. The summed E-state index contributed by atoms with van der Waals surface area (Å²) >= 11 is 0. The van der Waals surface area contributed by atoms with Crippen LogP contribution in [0, 0.1) is 12.8 Å². The van der Waals surface area contributed by atoms with Gasteiger partial charge in [-0.1, -0.05) is 18.2 Å². The summed E-state index contributed by atoms with van der Waals surface area (Å²) in [6, 6.07) is 6.99. The van der Waals surface area contributed by atoms with Crippen molar-refractivity contribution in [1.82, 2.24) is 20.5 Å². The number of ether oxygens (including phenoxy) is 1. The number of para-hydroxylation sites is 1. The van der Waals surface area contributed by atoms with Crippen molar-refractivity contribution in [3.05, 3.63) is 35.5 Å². The molecule has 30 heavy (non-hydrogen) atoms. The smallest absolute Gasteiger partial charge is 0.191 e. The number of aliphatic imine (C=N–C) groups is 1. The summed E-state index contributed by atoms with van der Waals surface area (Å²) in [4.78, 5) is 10.5. The molecule has 2 fully saturated rings. The number of hydrogen-bond acceptors (Lipinski definition) is 3. The van der Waals surface area contributed by atoms with Crippen LogP contribution in [0.4, 0.5) is 0 Å². The zero-order valence-electron chi connectivity index (χ0n) is 18.2. The first kappa shape index (κ1) is 23.3. The van der Waals surface area contributed by atoms with Gasteiger partial charge in [0.2, 0.25) is 0 Å². The number of halogens is 1. The second kappa shape index (κ2) is 11.3. The lowest BCUT2D eigenvalue weighted by molar-refractivity contribution is 0.150. The van der Waals surface area contributed by atoms with Gasteiger partial charge in [0, 0.05) is 63.0 Å². The molecule has 1 aromatic carbocycles. The number of aromatic nitrogens is 1. The van der Waals surface area contributed by atoms with E-state index in [9.17, 15) is 0 Å².